The van der Waals surface area contributed by atoms with E-state index in [0.29, 0.717) is 12.1 Å². The Kier molecular flexibility index (Phi) is 4.52. The summed E-state index contributed by atoms with van der Waals surface area (Å²) in [4.78, 5) is 4.26. The number of benzene rings is 1. The molecule has 0 bridgehead atoms. The van der Waals surface area contributed by atoms with E-state index in [1.807, 2.05) is 36.4 Å². The van der Waals surface area contributed by atoms with Crippen molar-refractivity contribution in [3.05, 3.63) is 58.3 Å². The zero-order chi connectivity index (χ0) is 13.7. The molecular weight excluding hydrogens is 308 g/mol. The van der Waals surface area contributed by atoms with Gasteiger partial charge in [0.15, 0.2) is 0 Å². The van der Waals surface area contributed by atoms with Crippen molar-refractivity contribution in [2.45, 2.75) is 6.42 Å². The molecule has 0 spiro atoms. The molecule has 0 unspecified atom stereocenters. The summed E-state index contributed by atoms with van der Waals surface area (Å²) in [5, 5.41) is 12.5. The highest BCUT2D eigenvalue weighted by Crippen LogP contribution is 2.15. The van der Waals surface area contributed by atoms with Gasteiger partial charge < -0.3 is 9.94 Å². The highest BCUT2D eigenvalue weighted by atomic mass is 79.9. The molecule has 0 aliphatic rings. The fraction of sp³-hybridized carbons (Fsp3) is 0.143. The van der Waals surface area contributed by atoms with Gasteiger partial charge in [-0.2, -0.15) is 0 Å². The Morgan fingerprint density at radius 3 is 2.84 bits per heavy atom. The predicted octanol–water partition coefficient (Wildman–Crippen LogP) is 3.27. The molecule has 19 heavy (non-hydrogen) atoms. The van der Waals surface area contributed by atoms with Crippen LogP contribution in [0.3, 0.4) is 0 Å². The Morgan fingerprint density at radius 1 is 1.37 bits per heavy atom. The Bertz CT molecular complexity index is 582. The highest BCUT2D eigenvalue weighted by Gasteiger charge is 2.08. The number of ether oxygens (including phenoxy) is 1. The van der Waals surface area contributed by atoms with Gasteiger partial charge in [-0.3, -0.25) is 4.98 Å². The Hall–Kier alpha value is -1.88. The lowest BCUT2D eigenvalue weighted by Gasteiger charge is -2.06. The van der Waals surface area contributed by atoms with E-state index in [1.165, 1.54) is 0 Å². The molecule has 5 heteroatoms. The predicted molar refractivity (Wildman–Crippen MR) is 77.0 cm³/mol. The van der Waals surface area contributed by atoms with Crippen molar-refractivity contribution >= 4 is 21.6 Å². The van der Waals surface area contributed by atoms with Crippen molar-refractivity contribution < 1.29 is 9.94 Å². The van der Waals surface area contributed by atoms with Gasteiger partial charge in [0.1, 0.15) is 5.75 Å². The highest BCUT2D eigenvalue weighted by molar-refractivity contribution is 9.10. The summed E-state index contributed by atoms with van der Waals surface area (Å²) >= 11 is 3.33. The minimum Gasteiger partial charge on any atom is -0.497 e. The largest absolute Gasteiger partial charge is 0.497 e. The summed E-state index contributed by atoms with van der Waals surface area (Å²) in [7, 11) is 1.60. The first-order valence-corrected chi connectivity index (χ1v) is 6.48. The van der Waals surface area contributed by atoms with Crippen LogP contribution in [0.15, 0.2) is 52.2 Å². The molecule has 0 fully saturated rings. The fourth-order valence-corrected chi connectivity index (χ4v) is 1.91. The van der Waals surface area contributed by atoms with E-state index in [9.17, 15) is 0 Å². The molecule has 2 rings (SSSR count). The molecule has 2 aromatic rings. The maximum absolute atomic E-state index is 9.17. The van der Waals surface area contributed by atoms with Crippen LogP contribution in [0.4, 0.5) is 0 Å². The van der Waals surface area contributed by atoms with Crippen LogP contribution in [-0.2, 0) is 6.42 Å². The Labute approximate surface area is 119 Å². The first kappa shape index (κ1) is 13.5. The summed E-state index contributed by atoms with van der Waals surface area (Å²) in [5.41, 5.74) is 2.19. The van der Waals surface area contributed by atoms with Crippen LogP contribution < -0.4 is 4.74 Å². The van der Waals surface area contributed by atoms with Crippen LogP contribution in [0.25, 0.3) is 0 Å². The van der Waals surface area contributed by atoms with Crippen molar-refractivity contribution in [1.29, 1.82) is 0 Å². The molecule has 0 saturated heterocycles. The molecule has 1 N–H and O–H groups in total. The van der Waals surface area contributed by atoms with E-state index in [1.54, 1.807) is 13.3 Å². The first-order valence-electron chi connectivity index (χ1n) is 5.68. The Morgan fingerprint density at radius 2 is 2.21 bits per heavy atom. The van der Waals surface area contributed by atoms with Gasteiger partial charge in [-0.05, 0) is 40.2 Å². The topological polar surface area (TPSA) is 54.7 Å². The van der Waals surface area contributed by atoms with Gasteiger partial charge in [-0.15, -0.1) is 0 Å². The molecule has 1 aromatic carbocycles. The number of methoxy groups -OCH3 is 1. The monoisotopic (exact) mass is 320 g/mol. The molecule has 4 nitrogen and oxygen atoms in total. The van der Waals surface area contributed by atoms with E-state index in [2.05, 4.69) is 26.1 Å². The van der Waals surface area contributed by atoms with E-state index < -0.39 is 0 Å². The number of halogens is 1. The molecule has 98 valence electrons. The van der Waals surface area contributed by atoms with Crippen LogP contribution >= 0.6 is 15.9 Å². The quantitative estimate of drug-likeness (QED) is 0.534. The van der Waals surface area contributed by atoms with Gasteiger partial charge in [0, 0.05) is 28.3 Å². The SMILES string of the molecule is COc1cccc(/C(Cc2ccc(Br)cn2)=N\O)c1. The number of oxime groups is 1. The lowest BCUT2D eigenvalue weighted by molar-refractivity contribution is 0.318. The van der Waals surface area contributed by atoms with E-state index >= 15 is 0 Å². The van der Waals surface area contributed by atoms with Crippen molar-refractivity contribution in [1.82, 2.24) is 4.98 Å². The average Bonchev–Trinajstić information content (AvgIpc) is 2.46. The molecule has 0 saturated carbocycles. The summed E-state index contributed by atoms with van der Waals surface area (Å²) in [6.45, 7) is 0. The number of aromatic nitrogens is 1. The second-order valence-electron chi connectivity index (χ2n) is 3.92. The molecule has 0 aliphatic carbocycles. The number of pyridine rings is 1. The Balaban J connectivity index is 2.23. The third-order valence-electron chi connectivity index (χ3n) is 2.66. The number of nitrogens with zero attached hydrogens (tertiary/aromatic N) is 2. The smallest absolute Gasteiger partial charge is 0.119 e. The first-order chi connectivity index (χ1) is 9.22. The van der Waals surface area contributed by atoms with E-state index in [0.717, 1.165) is 21.5 Å². The van der Waals surface area contributed by atoms with Gasteiger partial charge in [0.05, 0.1) is 12.8 Å². The minimum absolute atomic E-state index is 0.455. The van der Waals surface area contributed by atoms with Crippen molar-refractivity contribution in [3.63, 3.8) is 0 Å². The van der Waals surface area contributed by atoms with Crippen LogP contribution in [0.2, 0.25) is 0 Å². The van der Waals surface area contributed by atoms with E-state index in [4.69, 9.17) is 9.94 Å². The minimum atomic E-state index is 0.455. The van der Waals surface area contributed by atoms with Crippen molar-refractivity contribution in [2.24, 2.45) is 5.16 Å². The molecule has 0 amide bonds. The molecule has 1 heterocycles. The molecule has 0 atom stereocenters. The zero-order valence-electron chi connectivity index (χ0n) is 10.4. The van der Waals surface area contributed by atoms with Crippen molar-refractivity contribution in [3.8, 4) is 5.75 Å². The van der Waals surface area contributed by atoms with Gasteiger partial charge in [0.25, 0.3) is 0 Å². The number of rotatable bonds is 4. The maximum atomic E-state index is 9.17. The molecule has 1 aromatic heterocycles. The molecule has 0 radical (unpaired) electrons. The number of hydrogen-bond acceptors (Lipinski definition) is 4. The van der Waals surface area contributed by atoms with Crippen LogP contribution in [0.5, 0.6) is 5.75 Å². The van der Waals surface area contributed by atoms with Gasteiger partial charge >= 0.3 is 0 Å². The normalized spacial score (nSPS) is 11.4. The lowest BCUT2D eigenvalue weighted by Crippen LogP contribution is -2.07. The molecular formula is C14H13BrN2O2. The van der Waals surface area contributed by atoms with Crippen LogP contribution in [-0.4, -0.2) is 23.0 Å². The number of hydrogen-bond donors (Lipinski definition) is 1. The lowest BCUT2D eigenvalue weighted by atomic mass is 10.1. The summed E-state index contributed by atoms with van der Waals surface area (Å²) in [6.07, 6.45) is 2.17. The summed E-state index contributed by atoms with van der Waals surface area (Å²) in [5.74, 6) is 0.724. The van der Waals surface area contributed by atoms with Crippen LogP contribution in [0.1, 0.15) is 11.3 Å². The average molecular weight is 321 g/mol. The second kappa shape index (κ2) is 6.33. The van der Waals surface area contributed by atoms with Gasteiger partial charge in [0.2, 0.25) is 0 Å². The summed E-state index contributed by atoms with van der Waals surface area (Å²) in [6, 6.07) is 11.2. The molecule has 0 aliphatic heterocycles. The second-order valence-corrected chi connectivity index (χ2v) is 4.84. The third kappa shape index (κ3) is 3.54. The third-order valence-corrected chi connectivity index (χ3v) is 3.13. The van der Waals surface area contributed by atoms with Crippen LogP contribution in [0, 0.1) is 0 Å². The fourth-order valence-electron chi connectivity index (χ4n) is 1.68. The van der Waals surface area contributed by atoms with Crippen molar-refractivity contribution in [2.75, 3.05) is 7.11 Å². The zero-order valence-corrected chi connectivity index (χ0v) is 12.0. The standard InChI is InChI=1S/C14H13BrN2O2/c1-19-13-4-2-3-10(7-13)14(17-18)8-12-6-5-11(15)9-16-12/h2-7,9,18H,8H2,1H3/b17-14-. The van der Waals surface area contributed by atoms with E-state index in [-0.39, 0.29) is 0 Å². The van der Waals surface area contributed by atoms with Gasteiger partial charge in [-0.25, -0.2) is 0 Å². The maximum Gasteiger partial charge on any atom is 0.119 e. The van der Waals surface area contributed by atoms with Gasteiger partial charge in [-0.1, -0.05) is 17.3 Å². The summed E-state index contributed by atoms with van der Waals surface area (Å²) < 4.78 is 6.07.